The third-order valence-corrected chi connectivity index (χ3v) is 5.84. The van der Waals surface area contributed by atoms with E-state index in [1.165, 1.54) is 0 Å². The number of carbonyl (C=O) groups is 1. The first-order chi connectivity index (χ1) is 7.73. The molecule has 2 N–H and O–H groups in total. The maximum atomic E-state index is 11.7. The smallest absolute Gasteiger partial charge is 0.313 e. The molecule has 1 aliphatic heterocycles. The Morgan fingerprint density at radius 3 is 2.24 bits per heavy atom. The van der Waals surface area contributed by atoms with Gasteiger partial charge in [-0.2, -0.15) is 0 Å². The molecule has 1 atom stereocenters. The molecule has 0 spiro atoms. The average Bonchev–Trinajstić information content (AvgIpc) is 2.26. The zero-order valence-electron chi connectivity index (χ0n) is 10.3. The van der Waals surface area contributed by atoms with Crippen molar-refractivity contribution < 1.29 is 23.4 Å². The second-order valence-electron chi connectivity index (χ2n) is 4.82. The number of carboxylic acid groups (broad SMARTS) is 1. The quantitative estimate of drug-likeness (QED) is 0.784. The summed E-state index contributed by atoms with van der Waals surface area (Å²) < 4.78 is 23.3. The Balaban J connectivity index is 3.28. The van der Waals surface area contributed by atoms with Gasteiger partial charge in [0.25, 0.3) is 0 Å². The van der Waals surface area contributed by atoms with Crippen LogP contribution in [-0.2, 0) is 14.6 Å². The Morgan fingerprint density at radius 1 is 1.35 bits per heavy atom. The summed E-state index contributed by atoms with van der Waals surface area (Å²) in [6.45, 7) is 3.38. The predicted molar refractivity (Wildman–Crippen MR) is 63.5 cm³/mol. The van der Waals surface area contributed by atoms with E-state index in [1.807, 2.05) is 0 Å². The molecular formula is C11H20O5S. The lowest BCUT2D eigenvalue weighted by atomic mass is 9.67. The maximum Gasteiger partial charge on any atom is 0.313 e. The largest absolute Gasteiger partial charge is 0.481 e. The van der Waals surface area contributed by atoms with E-state index in [0.717, 1.165) is 0 Å². The van der Waals surface area contributed by atoms with E-state index in [-0.39, 0.29) is 25.0 Å². The van der Waals surface area contributed by atoms with Crippen molar-refractivity contribution in [1.29, 1.82) is 0 Å². The summed E-state index contributed by atoms with van der Waals surface area (Å²) in [7, 11) is -3.38. The summed E-state index contributed by atoms with van der Waals surface area (Å²) in [5.41, 5.74) is -3.00. The molecule has 1 saturated heterocycles. The summed E-state index contributed by atoms with van der Waals surface area (Å²) >= 11 is 0. The Kier molecular flexibility index (Phi) is 3.88. The fourth-order valence-electron chi connectivity index (χ4n) is 2.78. The van der Waals surface area contributed by atoms with Crippen molar-refractivity contribution in [2.45, 2.75) is 45.1 Å². The molecule has 0 amide bonds. The van der Waals surface area contributed by atoms with Crippen LogP contribution in [0.25, 0.3) is 0 Å². The van der Waals surface area contributed by atoms with Gasteiger partial charge in [0.05, 0.1) is 17.1 Å². The predicted octanol–water partition coefficient (Wildman–Crippen LogP) is 0.817. The number of carboxylic acids is 1. The molecule has 100 valence electrons. The molecule has 5 nitrogen and oxygen atoms in total. The van der Waals surface area contributed by atoms with Gasteiger partial charge in [-0.25, -0.2) is 8.42 Å². The molecule has 0 aromatic carbocycles. The molecule has 1 fully saturated rings. The molecule has 0 aromatic rings. The van der Waals surface area contributed by atoms with Crippen LogP contribution in [0.4, 0.5) is 0 Å². The van der Waals surface area contributed by atoms with Crippen molar-refractivity contribution in [1.82, 2.24) is 0 Å². The van der Waals surface area contributed by atoms with E-state index in [1.54, 1.807) is 13.8 Å². The van der Waals surface area contributed by atoms with Crippen LogP contribution in [0.2, 0.25) is 0 Å². The Hall–Kier alpha value is -0.620. The van der Waals surface area contributed by atoms with Gasteiger partial charge in [0.2, 0.25) is 0 Å². The molecule has 0 aliphatic carbocycles. The van der Waals surface area contributed by atoms with Gasteiger partial charge in [-0.1, -0.05) is 13.8 Å². The van der Waals surface area contributed by atoms with Crippen LogP contribution in [0.1, 0.15) is 39.5 Å². The summed E-state index contributed by atoms with van der Waals surface area (Å²) in [6.07, 6.45) is 1.01. The lowest BCUT2D eigenvalue weighted by Crippen LogP contribution is -2.58. The SMILES string of the molecule is CCC(O)(CC)C1(C(=O)O)CCCS(=O)(=O)C1. The minimum Gasteiger partial charge on any atom is -0.481 e. The van der Waals surface area contributed by atoms with Crippen LogP contribution in [-0.4, -0.2) is 41.7 Å². The molecule has 0 saturated carbocycles. The number of aliphatic carboxylic acids is 1. The van der Waals surface area contributed by atoms with E-state index < -0.39 is 32.6 Å². The minimum atomic E-state index is -3.38. The first-order valence-corrected chi connectivity index (χ1v) is 7.71. The zero-order valence-corrected chi connectivity index (χ0v) is 11.1. The number of rotatable bonds is 4. The maximum absolute atomic E-state index is 11.7. The van der Waals surface area contributed by atoms with E-state index in [4.69, 9.17) is 0 Å². The Bertz CT molecular complexity index is 396. The highest BCUT2D eigenvalue weighted by Gasteiger charge is 2.57. The fourth-order valence-corrected chi connectivity index (χ4v) is 4.79. The number of sulfone groups is 1. The monoisotopic (exact) mass is 264 g/mol. The van der Waals surface area contributed by atoms with Gasteiger partial charge in [-0.15, -0.1) is 0 Å². The van der Waals surface area contributed by atoms with Crippen molar-refractivity contribution >= 4 is 15.8 Å². The fraction of sp³-hybridized carbons (Fsp3) is 0.909. The van der Waals surface area contributed by atoms with Gasteiger partial charge in [0, 0.05) is 0 Å². The van der Waals surface area contributed by atoms with Gasteiger partial charge in [0.1, 0.15) is 5.41 Å². The van der Waals surface area contributed by atoms with E-state index in [9.17, 15) is 23.4 Å². The highest BCUT2D eigenvalue weighted by molar-refractivity contribution is 7.91. The van der Waals surface area contributed by atoms with Crippen LogP contribution >= 0.6 is 0 Å². The van der Waals surface area contributed by atoms with E-state index in [2.05, 4.69) is 0 Å². The van der Waals surface area contributed by atoms with Gasteiger partial charge in [0.15, 0.2) is 9.84 Å². The van der Waals surface area contributed by atoms with Crippen LogP contribution in [0.5, 0.6) is 0 Å². The summed E-state index contributed by atoms with van der Waals surface area (Å²) in [5.74, 6) is -1.63. The first-order valence-electron chi connectivity index (χ1n) is 5.89. The van der Waals surface area contributed by atoms with Crippen molar-refractivity contribution in [2.75, 3.05) is 11.5 Å². The lowest BCUT2D eigenvalue weighted by molar-refractivity contribution is -0.169. The highest BCUT2D eigenvalue weighted by Crippen LogP contribution is 2.45. The minimum absolute atomic E-state index is 0.0194. The molecule has 6 heteroatoms. The second-order valence-corrected chi connectivity index (χ2v) is 7.01. The van der Waals surface area contributed by atoms with Crippen LogP contribution in [0.15, 0.2) is 0 Å². The molecule has 1 heterocycles. The number of hydrogen-bond donors (Lipinski definition) is 2. The van der Waals surface area contributed by atoms with Crippen molar-refractivity contribution in [3.05, 3.63) is 0 Å². The molecule has 0 bridgehead atoms. The van der Waals surface area contributed by atoms with Crippen molar-refractivity contribution in [2.24, 2.45) is 5.41 Å². The van der Waals surface area contributed by atoms with Crippen LogP contribution < -0.4 is 0 Å². The molecule has 1 rings (SSSR count). The molecule has 1 unspecified atom stereocenters. The third kappa shape index (κ3) is 2.33. The molecule has 17 heavy (non-hydrogen) atoms. The molecular weight excluding hydrogens is 244 g/mol. The summed E-state index contributed by atoms with van der Waals surface area (Å²) in [6, 6.07) is 0. The van der Waals surface area contributed by atoms with E-state index in [0.29, 0.717) is 6.42 Å². The second kappa shape index (κ2) is 4.57. The Morgan fingerprint density at radius 2 is 1.88 bits per heavy atom. The zero-order chi connectivity index (χ0) is 13.3. The van der Waals surface area contributed by atoms with Gasteiger partial charge >= 0.3 is 5.97 Å². The van der Waals surface area contributed by atoms with Crippen LogP contribution in [0.3, 0.4) is 0 Å². The third-order valence-electron chi connectivity index (χ3n) is 4.00. The van der Waals surface area contributed by atoms with Gasteiger partial charge < -0.3 is 10.2 Å². The van der Waals surface area contributed by atoms with Crippen LogP contribution in [0, 0.1) is 5.41 Å². The molecule has 0 radical (unpaired) electrons. The highest BCUT2D eigenvalue weighted by atomic mass is 32.2. The molecule has 1 aliphatic rings. The topological polar surface area (TPSA) is 91.7 Å². The normalized spacial score (nSPS) is 28.9. The summed E-state index contributed by atoms with van der Waals surface area (Å²) in [4.78, 5) is 11.5. The van der Waals surface area contributed by atoms with Gasteiger partial charge in [-0.3, -0.25) is 4.79 Å². The Labute approximate surface area is 102 Å². The van der Waals surface area contributed by atoms with Crippen molar-refractivity contribution in [3.8, 4) is 0 Å². The lowest BCUT2D eigenvalue weighted by Gasteiger charge is -2.45. The first kappa shape index (κ1) is 14.4. The standard InChI is InChI=1S/C11H20O5S/c1-3-11(14,4-2)10(9(12)13)6-5-7-17(15,16)8-10/h14H,3-8H2,1-2H3,(H,12,13). The number of aliphatic hydroxyl groups is 1. The van der Waals surface area contributed by atoms with Crippen molar-refractivity contribution in [3.63, 3.8) is 0 Å². The van der Waals surface area contributed by atoms with Gasteiger partial charge in [-0.05, 0) is 25.7 Å². The average molecular weight is 264 g/mol. The summed E-state index contributed by atoms with van der Waals surface area (Å²) in [5, 5.41) is 19.9. The number of hydrogen-bond acceptors (Lipinski definition) is 4. The molecule has 0 aromatic heterocycles. The van der Waals surface area contributed by atoms with E-state index >= 15 is 0 Å².